The maximum atomic E-state index is 6.41. The minimum Gasteiger partial charge on any atom is -0.456 e. The van der Waals surface area contributed by atoms with E-state index >= 15 is 0 Å². The van der Waals surface area contributed by atoms with E-state index in [9.17, 15) is 0 Å². The van der Waals surface area contributed by atoms with Crippen molar-refractivity contribution in [2.75, 3.05) is 0 Å². The van der Waals surface area contributed by atoms with Crippen LogP contribution < -0.4 is 0 Å². The molecular weight excluding hydrogens is 560 g/mol. The third-order valence-electron chi connectivity index (χ3n) is 9.99. The van der Waals surface area contributed by atoms with Crippen LogP contribution in [-0.2, 0) is 0 Å². The third-order valence-corrected chi connectivity index (χ3v) is 9.99. The molecule has 0 N–H and O–H groups in total. The van der Waals surface area contributed by atoms with Crippen molar-refractivity contribution in [3.63, 3.8) is 0 Å². The summed E-state index contributed by atoms with van der Waals surface area (Å²) >= 11 is 0. The topological polar surface area (TPSA) is 26.3 Å². The summed E-state index contributed by atoms with van der Waals surface area (Å²) in [5.74, 6) is 0. The van der Waals surface area contributed by atoms with Crippen molar-refractivity contribution in [3.05, 3.63) is 146 Å². The summed E-state index contributed by atoms with van der Waals surface area (Å²) in [7, 11) is 0. The van der Waals surface area contributed by atoms with Crippen LogP contribution in [-0.4, -0.2) is 0 Å². The minimum atomic E-state index is 0.899. The molecule has 0 fully saturated rings. The molecule has 0 aliphatic heterocycles. The molecular formula is C44H24O2. The highest BCUT2D eigenvalue weighted by atomic mass is 16.3. The van der Waals surface area contributed by atoms with Gasteiger partial charge in [-0.3, -0.25) is 0 Å². The van der Waals surface area contributed by atoms with Gasteiger partial charge >= 0.3 is 0 Å². The summed E-state index contributed by atoms with van der Waals surface area (Å²) in [4.78, 5) is 0. The lowest BCUT2D eigenvalue weighted by molar-refractivity contribution is 0.669. The molecule has 0 aliphatic rings. The van der Waals surface area contributed by atoms with Gasteiger partial charge in [-0.15, -0.1) is 0 Å². The zero-order chi connectivity index (χ0) is 29.9. The van der Waals surface area contributed by atoms with E-state index in [1.165, 1.54) is 64.6 Å². The summed E-state index contributed by atoms with van der Waals surface area (Å²) in [6.07, 6.45) is 0. The molecule has 0 saturated heterocycles. The molecule has 8 bridgehead atoms. The lowest BCUT2D eigenvalue weighted by Gasteiger charge is -2.07. The molecule has 0 atom stereocenters. The van der Waals surface area contributed by atoms with Crippen molar-refractivity contribution >= 4 is 109 Å². The molecule has 2 heteroatoms. The zero-order valence-corrected chi connectivity index (χ0v) is 24.7. The van der Waals surface area contributed by atoms with Gasteiger partial charge in [0.2, 0.25) is 0 Å². The summed E-state index contributed by atoms with van der Waals surface area (Å²) in [6, 6.07) is 53.0. The van der Waals surface area contributed by atoms with E-state index in [0.29, 0.717) is 0 Å². The van der Waals surface area contributed by atoms with Crippen molar-refractivity contribution in [1.29, 1.82) is 0 Å². The molecule has 11 aromatic rings. The van der Waals surface area contributed by atoms with Crippen LogP contribution in [0.4, 0.5) is 0 Å². The van der Waals surface area contributed by atoms with Crippen molar-refractivity contribution < 1.29 is 8.83 Å². The molecule has 9 aromatic carbocycles. The first-order valence-corrected chi connectivity index (χ1v) is 15.7. The Balaban J connectivity index is 1.46. The Kier molecular flexibility index (Phi) is 4.61. The van der Waals surface area contributed by atoms with Crippen LogP contribution in [0.2, 0.25) is 0 Å². The summed E-state index contributed by atoms with van der Waals surface area (Å²) in [6.45, 7) is 0. The predicted molar refractivity (Wildman–Crippen MR) is 195 cm³/mol. The largest absolute Gasteiger partial charge is 0.456 e. The van der Waals surface area contributed by atoms with Crippen molar-refractivity contribution in [1.82, 2.24) is 0 Å². The Hall–Kier alpha value is -6.12. The summed E-state index contributed by atoms with van der Waals surface area (Å²) in [5, 5.41) is 18.9. The fraction of sp³-hybridized carbons (Fsp3) is 0. The first-order chi connectivity index (χ1) is 22.8. The van der Waals surface area contributed by atoms with Gasteiger partial charge in [0.1, 0.15) is 22.3 Å². The van der Waals surface area contributed by atoms with E-state index in [1.54, 1.807) is 0 Å². The minimum absolute atomic E-state index is 0.899. The number of furan rings is 2. The summed E-state index contributed by atoms with van der Waals surface area (Å²) < 4.78 is 12.8. The molecule has 212 valence electrons. The van der Waals surface area contributed by atoms with Gasteiger partial charge in [-0.1, -0.05) is 97.1 Å². The molecule has 46 heavy (non-hydrogen) atoms. The van der Waals surface area contributed by atoms with E-state index in [0.717, 1.165) is 43.9 Å². The Labute approximate surface area is 262 Å². The SMILES string of the molecule is c1cc2cccc3c4ccc5oc6ccc(cc6c5c4)c4cccc5cccc(c6ccc7oc8ccc(cc8c7c6)c(c1)c23)c54. The highest BCUT2D eigenvalue weighted by Crippen LogP contribution is 2.39. The van der Waals surface area contributed by atoms with Gasteiger partial charge in [-0.05, 0) is 113 Å². The van der Waals surface area contributed by atoms with Crippen LogP contribution in [0.1, 0.15) is 0 Å². The van der Waals surface area contributed by atoms with Crippen LogP contribution >= 0.6 is 0 Å². The van der Waals surface area contributed by atoms with Gasteiger partial charge in [0.25, 0.3) is 0 Å². The average Bonchev–Trinajstić information content (AvgIpc) is 3.67. The van der Waals surface area contributed by atoms with Crippen LogP contribution in [0.15, 0.2) is 154 Å². The fourth-order valence-corrected chi connectivity index (χ4v) is 7.87. The number of fused-ring (bicyclic) bond motifs is 8. The average molecular weight is 585 g/mol. The Bertz CT molecular complexity index is 2720. The Morgan fingerprint density at radius 3 is 0.804 bits per heavy atom. The molecule has 0 saturated carbocycles. The van der Waals surface area contributed by atoms with E-state index < -0.39 is 0 Å². The van der Waals surface area contributed by atoms with Crippen LogP contribution in [0, 0.1) is 0 Å². The van der Waals surface area contributed by atoms with E-state index in [1.807, 2.05) is 0 Å². The molecule has 0 aliphatic carbocycles. The maximum Gasteiger partial charge on any atom is 0.135 e. The van der Waals surface area contributed by atoms with Gasteiger partial charge in [-0.2, -0.15) is 0 Å². The molecule has 11 rings (SSSR count). The lowest BCUT2D eigenvalue weighted by Crippen LogP contribution is -1.80. The normalized spacial score (nSPS) is 12.3. The first-order valence-electron chi connectivity index (χ1n) is 15.7. The van der Waals surface area contributed by atoms with Crippen LogP contribution in [0.3, 0.4) is 0 Å². The quantitative estimate of drug-likeness (QED) is 0.177. The van der Waals surface area contributed by atoms with Gasteiger partial charge in [0.15, 0.2) is 0 Å². The Morgan fingerprint density at radius 1 is 0.239 bits per heavy atom. The van der Waals surface area contributed by atoms with Crippen molar-refractivity contribution in [3.8, 4) is 0 Å². The van der Waals surface area contributed by atoms with Gasteiger partial charge < -0.3 is 8.83 Å². The molecule has 0 spiro atoms. The number of benzene rings is 8. The second-order valence-corrected chi connectivity index (χ2v) is 12.5. The highest BCUT2D eigenvalue weighted by Gasteiger charge is 2.13. The zero-order valence-electron chi connectivity index (χ0n) is 24.7. The second kappa shape index (κ2) is 8.74. The van der Waals surface area contributed by atoms with Crippen molar-refractivity contribution in [2.45, 2.75) is 0 Å². The highest BCUT2D eigenvalue weighted by molar-refractivity contribution is 6.24. The van der Waals surface area contributed by atoms with E-state index in [2.05, 4.69) is 146 Å². The van der Waals surface area contributed by atoms with E-state index in [-0.39, 0.29) is 0 Å². The maximum absolute atomic E-state index is 6.41. The molecule has 2 heterocycles. The predicted octanol–water partition coefficient (Wildman–Crippen LogP) is 13.0. The molecule has 0 unspecified atom stereocenters. The number of hydrogen-bond donors (Lipinski definition) is 0. The number of rotatable bonds is 0. The first kappa shape index (κ1) is 24.2. The monoisotopic (exact) mass is 584 g/mol. The summed E-state index contributed by atoms with van der Waals surface area (Å²) in [5.41, 5.74) is 3.59. The van der Waals surface area contributed by atoms with Gasteiger partial charge in [0.05, 0.1) is 0 Å². The Morgan fingerprint density at radius 2 is 0.522 bits per heavy atom. The van der Waals surface area contributed by atoms with Crippen LogP contribution in [0.5, 0.6) is 0 Å². The second-order valence-electron chi connectivity index (χ2n) is 12.5. The molecule has 2 nitrogen and oxygen atoms in total. The van der Waals surface area contributed by atoms with Gasteiger partial charge in [0, 0.05) is 21.5 Å². The fourth-order valence-electron chi connectivity index (χ4n) is 7.87. The third kappa shape index (κ3) is 3.25. The molecule has 0 amide bonds. The van der Waals surface area contributed by atoms with E-state index in [4.69, 9.17) is 8.83 Å². The van der Waals surface area contributed by atoms with Crippen LogP contribution in [0.25, 0.3) is 109 Å². The molecule has 0 radical (unpaired) electrons. The number of hydrogen-bond acceptors (Lipinski definition) is 2. The van der Waals surface area contributed by atoms with Gasteiger partial charge in [-0.25, -0.2) is 0 Å². The standard InChI is InChI=1S/C44H24O2/c1-5-25-6-2-10-32-28-14-18-41-37(22-28)38-24-30(16-20-42(38)46-41)34-12-4-8-26-7-3-11-33(44(26)34)29-15-19-40-36(23-29)35-21-27(13-17-39(35)45-40)31(9-1)43(25)32/h1-24H. The lowest BCUT2D eigenvalue weighted by atomic mass is 9.96. The molecule has 2 aromatic heterocycles. The van der Waals surface area contributed by atoms with Crippen molar-refractivity contribution in [2.24, 2.45) is 0 Å². The smallest absolute Gasteiger partial charge is 0.135 e.